The van der Waals surface area contributed by atoms with Gasteiger partial charge in [0.05, 0.1) is 34.4 Å². The topological polar surface area (TPSA) is 142 Å². The highest BCUT2D eigenvalue weighted by molar-refractivity contribution is 5.91. The van der Waals surface area contributed by atoms with Gasteiger partial charge in [-0.25, -0.2) is 29.0 Å². The van der Waals surface area contributed by atoms with Gasteiger partial charge < -0.3 is 9.47 Å². The minimum Gasteiger partial charge on any atom is -0.432 e. The molecule has 0 radical (unpaired) electrons. The summed E-state index contributed by atoms with van der Waals surface area (Å²) in [6.45, 7) is 6.98. The molecule has 0 aliphatic rings. The van der Waals surface area contributed by atoms with Crippen molar-refractivity contribution in [1.29, 1.82) is 0 Å². The molecule has 0 unspecified atom stereocenters. The van der Waals surface area contributed by atoms with E-state index < -0.39 is 24.2 Å². The van der Waals surface area contributed by atoms with Crippen LogP contribution in [0.3, 0.4) is 0 Å². The van der Waals surface area contributed by atoms with Crippen molar-refractivity contribution in [2.75, 3.05) is 13.2 Å². The van der Waals surface area contributed by atoms with Crippen LogP contribution < -0.4 is 0 Å². The van der Waals surface area contributed by atoms with E-state index in [9.17, 15) is 19.2 Å². The van der Waals surface area contributed by atoms with Crippen LogP contribution in [0.25, 0.3) is 0 Å². The van der Waals surface area contributed by atoms with Gasteiger partial charge in [0, 0.05) is 0 Å². The predicted molar refractivity (Wildman–Crippen MR) is 119 cm³/mol. The Hall–Kier alpha value is -4.16. The van der Waals surface area contributed by atoms with Crippen LogP contribution >= 0.6 is 0 Å². The van der Waals surface area contributed by atoms with Gasteiger partial charge in [0.2, 0.25) is 0 Å². The Morgan fingerprint density at radius 2 is 0.972 bits per heavy atom. The van der Waals surface area contributed by atoms with Crippen molar-refractivity contribution in [2.24, 2.45) is 0 Å². The Balaban J connectivity index is 1.49. The van der Waals surface area contributed by atoms with Gasteiger partial charge in [-0.2, -0.15) is 0 Å². The number of hydrogen-bond acceptors (Lipinski definition) is 12. The molecule has 0 saturated carbocycles. The minimum atomic E-state index is -1.23. The number of carbonyl (C=O) groups is 4. The molecule has 0 heterocycles. The Bertz CT molecular complexity index is 993. The van der Waals surface area contributed by atoms with Crippen LogP contribution in [0, 0.1) is 27.7 Å². The van der Waals surface area contributed by atoms with Crippen molar-refractivity contribution in [3.63, 3.8) is 0 Å². The smallest absolute Gasteiger partial charge is 0.432 e. The fourth-order valence-corrected chi connectivity index (χ4v) is 2.89. The Labute approximate surface area is 206 Å². The first-order valence-corrected chi connectivity index (χ1v) is 10.8. The van der Waals surface area contributed by atoms with Crippen molar-refractivity contribution >= 4 is 24.2 Å². The maximum absolute atomic E-state index is 11.9. The van der Waals surface area contributed by atoms with Crippen LogP contribution in [0.4, 0.5) is 9.59 Å². The van der Waals surface area contributed by atoms with Crippen LogP contribution in [-0.2, 0) is 39.1 Å². The highest BCUT2D eigenvalue weighted by Gasteiger charge is 2.16. The molecule has 36 heavy (non-hydrogen) atoms. The molecular weight excluding hydrogens is 480 g/mol. The Kier molecular flexibility index (Phi) is 11.1. The molecule has 0 spiro atoms. The van der Waals surface area contributed by atoms with Crippen LogP contribution in [0.2, 0.25) is 0 Å². The van der Waals surface area contributed by atoms with Crippen molar-refractivity contribution in [3.8, 4) is 0 Å². The SMILES string of the molecule is Cc1ccc(C(=O)OOOC(=O)OCCCCOC(=O)OOOC(=O)c2ccc(C)cc2C)c(C)c1. The van der Waals surface area contributed by atoms with Crippen molar-refractivity contribution in [3.05, 3.63) is 69.8 Å². The zero-order valence-electron chi connectivity index (χ0n) is 20.2. The average Bonchev–Trinajstić information content (AvgIpc) is 2.81. The average molecular weight is 506 g/mol. The number of aryl methyl sites for hydroxylation is 4. The monoisotopic (exact) mass is 506 g/mol. The van der Waals surface area contributed by atoms with E-state index in [1.807, 2.05) is 13.8 Å². The first-order chi connectivity index (χ1) is 17.2. The van der Waals surface area contributed by atoms with E-state index in [1.54, 1.807) is 50.2 Å². The zero-order chi connectivity index (χ0) is 26.5. The first-order valence-electron chi connectivity index (χ1n) is 10.8. The van der Waals surface area contributed by atoms with E-state index in [0.29, 0.717) is 11.1 Å². The maximum atomic E-state index is 11.9. The highest BCUT2D eigenvalue weighted by Crippen LogP contribution is 2.13. The normalized spacial score (nSPS) is 10.2. The van der Waals surface area contributed by atoms with E-state index in [-0.39, 0.29) is 37.2 Å². The number of ether oxygens (including phenoxy) is 2. The van der Waals surface area contributed by atoms with Gasteiger partial charge in [0.25, 0.3) is 0 Å². The minimum absolute atomic E-state index is 0.102. The molecule has 194 valence electrons. The third-order valence-electron chi connectivity index (χ3n) is 4.61. The molecule has 0 aromatic heterocycles. The van der Waals surface area contributed by atoms with E-state index >= 15 is 0 Å². The lowest BCUT2D eigenvalue weighted by Crippen LogP contribution is -2.14. The van der Waals surface area contributed by atoms with Crippen LogP contribution in [-0.4, -0.2) is 37.5 Å². The molecule has 0 N–H and O–H groups in total. The molecule has 0 amide bonds. The highest BCUT2D eigenvalue weighted by atomic mass is 17.5. The fourth-order valence-electron chi connectivity index (χ4n) is 2.89. The summed E-state index contributed by atoms with van der Waals surface area (Å²) in [5.74, 6) is -1.68. The predicted octanol–water partition coefficient (Wildman–Crippen LogP) is 4.71. The number of carbonyl (C=O) groups excluding carboxylic acids is 4. The molecule has 0 bridgehead atoms. The number of unbranched alkanes of at least 4 members (excludes halogenated alkanes) is 1. The molecule has 0 aliphatic heterocycles. The van der Waals surface area contributed by atoms with Crippen molar-refractivity contribution in [1.82, 2.24) is 0 Å². The summed E-state index contributed by atoms with van der Waals surface area (Å²) in [4.78, 5) is 63.7. The van der Waals surface area contributed by atoms with Gasteiger partial charge in [-0.05, 0) is 63.8 Å². The van der Waals surface area contributed by atoms with E-state index in [1.165, 1.54) is 0 Å². The number of hydrogen-bond donors (Lipinski definition) is 0. The van der Waals surface area contributed by atoms with E-state index in [2.05, 4.69) is 29.6 Å². The van der Waals surface area contributed by atoms with Crippen molar-refractivity contribution in [2.45, 2.75) is 40.5 Å². The van der Waals surface area contributed by atoms with Crippen LogP contribution in [0.15, 0.2) is 36.4 Å². The second kappa shape index (κ2) is 14.3. The van der Waals surface area contributed by atoms with Gasteiger partial charge in [0.15, 0.2) is 0 Å². The fraction of sp³-hybridized carbons (Fsp3) is 0.333. The number of benzene rings is 2. The molecule has 0 aliphatic carbocycles. The summed E-state index contributed by atoms with van der Waals surface area (Å²) in [6, 6.07) is 10.1. The largest absolute Gasteiger partial charge is 0.543 e. The van der Waals surface area contributed by atoms with E-state index in [0.717, 1.165) is 11.1 Å². The van der Waals surface area contributed by atoms with Gasteiger partial charge >= 0.3 is 24.2 Å². The molecule has 2 aromatic carbocycles. The summed E-state index contributed by atoms with van der Waals surface area (Å²) < 4.78 is 9.39. The third-order valence-corrected chi connectivity index (χ3v) is 4.61. The standard InChI is InChI=1S/C24H26O12/c1-15-7-9-19(17(3)13-15)21(25)31-35-33-23(27)29-11-5-6-12-30-24(28)34-36-32-22(26)20-10-8-16(2)14-18(20)4/h7-10,13-14H,5-6,11-12H2,1-4H3. The lowest BCUT2D eigenvalue weighted by atomic mass is 10.1. The Morgan fingerprint density at radius 3 is 1.33 bits per heavy atom. The summed E-state index contributed by atoms with van der Waals surface area (Å²) >= 11 is 0. The van der Waals surface area contributed by atoms with Gasteiger partial charge in [0.1, 0.15) is 0 Å². The van der Waals surface area contributed by atoms with Crippen LogP contribution in [0.1, 0.15) is 55.8 Å². The molecule has 0 saturated heterocycles. The zero-order valence-corrected chi connectivity index (χ0v) is 20.2. The summed E-state index contributed by atoms with van der Waals surface area (Å²) in [7, 11) is 0. The third kappa shape index (κ3) is 9.60. The van der Waals surface area contributed by atoms with Gasteiger partial charge in [-0.3, -0.25) is 9.78 Å². The second-order valence-electron chi connectivity index (χ2n) is 7.59. The van der Waals surface area contributed by atoms with Gasteiger partial charge in [-0.15, -0.1) is 0 Å². The molecule has 0 fully saturated rings. The summed E-state index contributed by atoms with van der Waals surface area (Å²) in [6.07, 6.45) is -1.90. The lowest BCUT2D eigenvalue weighted by molar-refractivity contribution is -0.452. The summed E-state index contributed by atoms with van der Waals surface area (Å²) in [5.41, 5.74) is 3.77. The summed E-state index contributed by atoms with van der Waals surface area (Å²) in [5, 5.41) is 8.28. The number of rotatable bonds is 11. The molecule has 0 atom stereocenters. The first kappa shape index (κ1) is 28.1. The molecular formula is C24H26O12. The van der Waals surface area contributed by atoms with Gasteiger partial charge in [-0.1, -0.05) is 35.4 Å². The Morgan fingerprint density at radius 1 is 0.583 bits per heavy atom. The van der Waals surface area contributed by atoms with Crippen molar-refractivity contribution < 1.29 is 58.3 Å². The van der Waals surface area contributed by atoms with Crippen LogP contribution in [0.5, 0.6) is 0 Å². The maximum Gasteiger partial charge on any atom is 0.543 e. The molecule has 2 aromatic rings. The second-order valence-corrected chi connectivity index (χ2v) is 7.59. The quantitative estimate of drug-likeness (QED) is 0.180. The molecule has 2 rings (SSSR count). The molecule has 12 heteroatoms. The lowest BCUT2D eigenvalue weighted by Gasteiger charge is -2.07. The molecule has 12 nitrogen and oxygen atoms in total. The van der Waals surface area contributed by atoms with E-state index in [4.69, 9.17) is 9.47 Å².